The van der Waals surface area contributed by atoms with Crippen molar-refractivity contribution in [3.05, 3.63) is 56.4 Å². The highest BCUT2D eigenvalue weighted by Gasteiger charge is 2.18. The molecule has 0 fully saturated rings. The number of halogens is 2. The summed E-state index contributed by atoms with van der Waals surface area (Å²) in [5, 5.41) is 0.638. The Morgan fingerprint density at radius 1 is 1.35 bits per heavy atom. The molecule has 0 N–H and O–H groups in total. The van der Waals surface area contributed by atoms with Crippen LogP contribution in [0.1, 0.15) is 27.4 Å². The van der Waals surface area contributed by atoms with Crippen molar-refractivity contribution in [2.45, 2.75) is 20.4 Å². The zero-order chi connectivity index (χ0) is 14.9. The fourth-order valence-corrected chi connectivity index (χ4v) is 2.76. The maximum absolute atomic E-state index is 12.4. The Hall–Kier alpha value is -1.26. The van der Waals surface area contributed by atoms with Crippen molar-refractivity contribution in [1.29, 1.82) is 0 Å². The third kappa shape index (κ3) is 3.25. The van der Waals surface area contributed by atoms with Gasteiger partial charge in [-0.25, -0.2) is 0 Å². The lowest BCUT2D eigenvalue weighted by molar-refractivity contribution is 0.0783. The first-order valence-corrected chi connectivity index (χ1v) is 7.32. The third-order valence-corrected chi connectivity index (χ3v) is 3.89. The van der Waals surface area contributed by atoms with E-state index < -0.39 is 0 Å². The van der Waals surface area contributed by atoms with Gasteiger partial charge in [-0.3, -0.25) is 4.79 Å². The molecule has 5 heteroatoms. The number of furan rings is 1. The lowest BCUT2D eigenvalue weighted by atomic mass is 10.2. The van der Waals surface area contributed by atoms with Crippen LogP contribution in [0.2, 0.25) is 5.02 Å². The highest BCUT2D eigenvalue weighted by Crippen LogP contribution is 2.23. The summed E-state index contributed by atoms with van der Waals surface area (Å²) in [4.78, 5) is 14.0. The molecule has 1 aromatic carbocycles. The minimum absolute atomic E-state index is 0.0710. The number of nitrogens with zero attached hydrogens (tertiary/aromatic N) is 1. The number of amides is 1. The minimum atomic E-state index is -0.0710. The molecule has 3 nitrogen and oxygen atoms in total. The normalized spacial score (nSPS) is 10.7. The highest BCUT2D eigenvalue weighted by atomic mass is 79.9. The third-order valence-electron chi connectivity index (χ3n) is 3.04. The second-order valence-electron chi connectivity index (χ2n) is 4.72. The van der Waals surface area contributed by atoms with Crippen molar-refractivity contribution >= 4 is 33.4 Å². The van der Waals surface area contributed by atoms with Crippen molar-refractivity contribution in [2.24, 2.45) is 0 Å². The van der Waals surface area contributed by atoms with Gasteiger partial charge in [-0.2, -0.15) is 0 Å². The average Bonchev–Trinajstić information content (AvgIpc) is 2.71. The number of benzene rings is 1. The minimum Gasteiger partial charge on any atom is -0.466 e. The molecule has 106 valence electrons. The molecule has 2 rings (SSSR count). The van der Waals surface area contributed by atoms with Crippen LogP contribution in [0.25, 0.3) is 0 Å². The van der Waals surface area contributed by atoms with Crippen molar-refractivity contribution < 1.29 is 9.21 Å². The van der Waals surface area contributed by atoms with Crippen molar-refractivity contribution in [1.82, 2.24) is 4.90 Å². The van der Waals surface area contributed by atoms with Gasteiger partial charge >= 0.3 is 0 Å². The van der Waals surface area contributed by atoms with Gasteiger partial charge in [0.25, 0.3) is 5.91 Å². The molecule has 0 atom stereocenters. The number of hydrogen-bond acceptors (Lipinski definition) is 2. The van der Waals surface area contributed by atoms with Crippen LogP contribution >= 0.6 is 27.5 Å². The Kier molecular flexibility index (Phi) is 4.55. The second-order valence-corrected chi connectivity index (χ2v) is 6.05. The highest BCUT2D eigenvalue weighted by molar-refractivity contribution is 9.10. The molecule has 2 aromatic rings. The molecule has 0 aliphatic carbocycles. The summed E-state index contributed by atoms with van der Waals surface area (Å²) in [6.07, 6.45) is 0. The fourth-order valence-electron chi connectivity index (χ4n) is 2.03. The van der Waals surface area contributed by atoms with E-state index >= 15 is 0 Å². The van der Waals surface area contributed by atoms with Gasteiger partial charge in [0.15, 0.2) is 0 Å². The summed E-state index contributed by atoms with van der Waals surface area (Å²) < 4.78 is 6.31. The standard InChI is InChI=1S/C15H15BrClNO2/c1-9-6-13(10(2)20-9)15(19)18(3)8-11-4-5-12(16)7-14(11)17/h4-7H,8H2,1-3H3. The van der Waals surface area contributed by atoms with Gasteiger partial charge in [0.1, 0.15) is 11.5 Å². The Morgan fingerprint density at radius 3 is 2.60 bits per heavy atom. The molecule has 0 unspecified atom stereocenters. The molecule has 0 radical (unpaired) electrons. The van der Waals surface area contributed by atoms with E-state index in [0.717, 1.165) is 15.8 Å². The number of carbonyl (C=O) groups is 1. The summed E-state index contributed by atoms with van der Waals surface area (Å²) in [5.74, 6) is 1.31. The monoisotopic (exact) mass is 355 g/mol. The van der Waals surface area contributed by atoms with E-state index in [1.807, 2.05) is 25.1 Å². The fraction of sp³-hybridized carbons (Fsp3) is 0.267. The zero-order valence-corrected chi connectivity index (χ0v) is 13.9. The lowest BCUT2D eigenvalue weighted by Crippen LogP contribution is -2.26. The summed E-state index contributed by atoms with van der Waals surface area (Å²) in [6.45, 7) is 4.07. The molecule has 0 saturated heterocycles. The largest absolute Gasteiger partial charge is 0.466 e. The summed E-state index contributed by atoms with van der Waals surface area (Å²) in [7, 11) is 1.75. The molecule has 0 aliphatic heterocycles. The number of carbonyl (C=O) groups excluding carboxylic acids is 1. The molecule has 0 spiro atoms. The smallest absolute Gasteiger partial charge is 0.257 e. The average molecular weight is 357 g/mol. The zero-order valence-electron chi connectivity index (χ0n) is 11.5. The quantitative estimate of drug-likeness (QED) is 0.806. The van der Waals surface area contributed by atoms with Crippen LogP contribution in [-0.4, -0.2) is 17.9 Å². The van der Waals surface area contributed by atoms with E-state index in [1.165, 1.54) is 0 Å². The van der Waals surface area contributed by atoms with Crippen LogP contribution < -0.4 is 0 Å². The SMILES string of the molecule is Cc1cc(C(=O)N(C)Cc2ccc(Br)cc2Cl)c(C)o1. The van der Waals surface area contributed by atoms with E-state index in [-0.39, 0.29) is 5.91 Å². The van der Waals surface area contributed by atoms with E-state index in [1.54, 1.807) is 24.9 Å². The van der Waals surface area contributed by atoms with Crippen LogP contribution in [-0.2, 0) is 6.54 Å². The Balaban J connectivity index is 2.17. The molecule has 1 aromatic heterocycles. The van der Waals surface area contributed by atoms with Gasteiger partial charge in [-0.15, -0.1) is 0 Å². The Labute approximate surface area is 131 Å². The van der Waals surface area contributed by atoms with Crippen LogP contribution in [0, 0.1) is 13.8 Å². The topological polar surface area (TPSA) is 33.5 Å². The van der Waals surface area contributed by atoms with Crippen LogP contribution in [0.15, 0.2) is 33.2 Å². The van der Waals surface area contributed by atoms with E-state index in [2.05, 4.69) is 15.9 Å². The Bertz CT molecular complexity index is 651. The molecule has 0 bridgehead atoms. The predicted molar refractivity (Wildman–Crippen MR) is 83.1 cm³/mol. The molecule has 20 heavy (non-hydrogen) atoms. The van der Waals surface area contributed by atoms with E-state index in [9.17, 15) is 4.79 Å². The molecular formula is C15H15BrClNO2. The van der Waals surface area contributed by atoms with Gasteiger partial charge in [0.2, 0.25) is 0 Å². The van der Waals surface area contributed by atoms with E-state index in [0.29, 0.717) is 22.9 Å². The molecular weight excluding hydrogens is 342 g/mol. The first kappa shape index (κ1) is 15.1. The second kappa shape index (κ2) is 6.02. The van der Waals surface area contributed by atoms with Gasteiger partial charge in [0, 0.05) is 23.1 Å². The Morgan fingerprint density at radius 2 is 2.05 bits per heavy atom. The van der Waals surface area contributed by atoms with Crippen LogP contribution in [0.5, 0.6) is 0 Å². The van der Waals surface area contributed by atoms with Crippen LogP contribution in [0.3, 0.4) is 0 Å². The number of hydrogen-bond donors (Lipinski definition) is 0. The number of aryl methyl sites for hydroxylation is 2. The lowest BCUT2D eigenvalue weighted by Gasteiger charge is -2.17. The van der Waals surface area contributed by atoms with Gasteiger partial charge < -0.3 is 9.32 Å². The van der Waals surface area contributed by atoms with Gasteiger partial charge in [-0.05, 0) is 37.6 Å². The maximum Gasteiger partial charge on any atom is 0.257 e. The first-order valence-electron chi connectivity index (χ1n) is 6.15. The van der Waals surface area contributed by atoms with Gasteiger partial charge in [0.05, 0.1) is 5.56 Å². The molecule has 1 amide bonds. The van der Waals surface area contributed by atoms with Crippen molar-refractivity contribution in [3.63, 3.8) is 0 Å². The summed E-state index contributed by atoms with van der Waals surface area (Å²) in [5.41, 5.74) is 1.50. The maximum atomic E-state index is 12.4. The number of rotatable bonds is 3. The first-order chi connectivity index (χ1) is 9.38. The van der Waals surface area contributed by atoms with E-state index in [4.69, 9.17) is 16.0 Å². The predicted octanol–water partition coefficient (Wildman–Crippen LogP) is 4.58. The molecule has 1 heterocycles. The summed E-state index contributed by atoms with van der Waals surface area (Å²) in [6, 6.07) is 7.40. The van der Waals surface area contributed by atoms with Crippen LogP contribution in [0.4, 0.5) is 0 Å². The van der Waals surface area contributed by atoms with Crippen molar-refractivity contribution in [3.8, 4) is 0 Å². The summed E-state index contributed by atoms with van der Waals surface area (Å²) >= 11 is 9.54. The van der Waals surface area contributed by atoms with Crippen molar-refractivity contribution in [2.75, 3.05) is 7.05 Å². The molecule has 0 saturated carbocycles. The van der Waals surface area contributed by atoms with Gasteiger partial charge in [-0.1, -0.05) is 33.6 Å². The molecule has 0 aliphatic rings.